The van der Waals surface area contributed by atoms with E-state index >= 15 is 0 Å². The van der Waals surface area contributed by atoms with Crippen molar-refractivity contribution in [3.8, 4) is 5.95 Å². The number of halogens is 3. The van der Waals surface area contributed by atoms with Crippen LogP contribution in [-0.2, 0) is 11.0 Å². The first-order valence-electron chi connectivity index (χ1n) is 8.61. The molecule has 1 amide bonds. The molecule has 3 heterocycles. The van der Waals surface area contributed by atoms with Crippen LogP contribution in [0, 0.1) is 24.7 Å². The summed E-state index contributed by atoms with van der Waals surface area (Å²) in [6.45, 7) is 1.80. The van der Waals surface area contributed by atoms with Gasteiger partial charge in [0.15, 0.2) is 0 Å². The van der Waals surface area contributed by atoms with Gasteiger partial charge in [-0.1, -0.05) is 0 Å². The highest BCUT2D eigenvalue weighted by Gasteiger charge is 2.47. The van der Waals surface area contributed by atoms with Gasteiger partial charge in [0.1, 0.15) is 5.82 Å². The topological polar surface area (TPSA) is 130 Å². The van der Waals surface area contributed by atoms with Crippen LogP contribution >= 0.6 is 0 Å². The minimum atomic E-state index is -4.70. The Kier molecular flexibility index (Phi) is 4.12. The lowest BCUT2D eigenvalue weighted by Gasteiger charge is -2.13. The van der Waals surface area contributed by atoms with Crippen LogP contribution in [0.1, 0.15) is 35.1 Å². The minimum Gasteiger partial charge on any atom is -0.481 e. The number of nitrogens with one attached hydrogen (secondary N) is 1. The van der Waals surface area contributed by atoms with E-state index in [1.807, 2.05) is 0 Å². The Labute approximate surface area is 155 Å². The maximum absolute atomic E-state index is 12.7. The molecule has 0 spiro atoms. The largest absolute Gasteiger partial charge is 0.481 e. The normalized spacial score (nSPS) is 22.6. The molecule has 2 N–H and O–H groups in total. The number of alkyl halides is 3. The molecule has 2 aromatic heterocycles. The second kappa shape index (κ2) is 6.27. The van der Waals surface area contributed by atoms with Crippen molar-refractivity contribution < 1.29 is 27.9 Å². The van der Waals surface area contributed by atoms with Gasteiger partial charge in [0, 0.05) is 13.1 Å². The number of carboxylic acids is 1. The Bertz CT molecular complexity index is 934. The average molecular weight is 399 g/mol. The number of amides is 1. The fraction of sp³-hybridized carbons (Fsp3) is 0.600. The summed E-state index contributed by atoms with van der Waals surface area (Å²) in [6, 6.07) is 0. The molecule has 0 radical (unpaired) electrons. The summed E-state index contributed by atoms with van der Waals surface area (Å²) in [5.41, 5.74) is 0. The quantitative estimate of drug-likeness (QED) is 0.781. The third-order valence-electron chi connectivity index (χ3n) is 5.09. The van der Waals surface area contributed by atoms with Crippen LogP contribution in [0.5, 0.6) is 0 Å². The molecule has 2 aromatic rings. The van der Waals surface area contributed by atoms with Crippen molar-refractivity contribution in [2.45, 2.75) is 25.9 Å². The van der Waals surface area contributed by atoms with Crippen molar-refractivity contribution >= 4 is 11.9 Å². The maximum atomic E-state index is 12.7. The lowest BCUT2D eigenvalue weighted by atomic mass is 9.92. The van der Waals surface area contributed by atoms with E-state index in [1.54, 1.807) is 5.10 Å². The number of aromatic nitrogens is 6. The van der Waals surface area contributed by atoms with Crippen molar-refractivity contribution in [3.05, 3.63) is 17.5 Å². The van der Waals surface area contributed by atoms with E-state index in [9.17, 15) is 27.9 Å². The van der Waals surface area contributed by atoms with Crippen molar-refractivity contribution in [1.82, 2.24) is 34.8 Å². The molecule has 0 unspecified atom stereocenters. The first-order valence-corrected chi connectivity index (χ1v) is 8.61. The number of nitrogens with zero attached hydrogens (tertiary/aromatic N) is 6. The number of aliphatic carboxylic acids is 1. The molecule has 2 atom stereocenters. The summed E-state index contributed by atoms with van der Waals surface area (Å²) in [4.78, 5) is 32.9. The number of hydrogen-bond donors (Lipinski definition) is 2. The van der Waals surface area contributed by atoms with Gasteiger partial charge in [0.2, 0.25) is 11.6 Å². The molecule has 2 aliphatic rings. The number of H-pyrrole nitrogens is 1. The molecular formula is C15H16F3N7O3. The third kappa shape index (κ3) is 3.20. The van der Waals surface area contributed by atoms with Crippen molar-refractivity contribution in [3.63, 3.8) is 0 Å². The first-order chi connectivity index (χ1) is 13.1. The summed E-state index contributed by atoms with van der Waals surface area (Å²) < 4.78 is 39.0. The van der Waals surface area contributed by atoms with Gasteiger partial charge in [0.25, 0.3) is 11.9 Å². The minimum absolute atomic E-state index is 0.0573. The monoisotopic (exact) mass is 399 g/mol. The molecule has 0 bridgehead atoms. The summed E-state index contributed by atoms with van der Waals surface area (Å²) in [5, 5.41) is 18.6. The Morgan fingerprint density at radius 2 is 1.93 bits per heavy atom. The van der Waals surface area contributed by atoms with E-state index in [1.165, 1.54) is 11.8 Å². The lowest BCUT2D eigenvalue weighted by molar-refractivity contribution is -0.145. The Balaban J connectivity index is 1.55. The predicted octanol–water partition coefficient (Wildman–Crippen LogP) is 0.895. The number of rotatable bonds is 4. The molecule has 10 nitrogen and oxygen atoms in total. The van der Waals surface area contributed by atoms with Gasteiger partial charge in [-0.3, -0.25) is 14.7 Å². The molecule has 1 aliphatic heterocycles. The predicted molar refractivity (Wildman–Crippen MR) is 84.3 cm³/mol. The van der Waals surface area contributed by atoms with Gasteiger partial charge in [-0.25, -0.2) is 4.98 Å². The number of carbonyl (C=O) groups excluding carboxylic acids is 1. The zero-order chi connectivity index (χ0) is 20.2. The fourth-order valence-corrected chi connectivity index (χ4v) is 3.54. The smallest absolute Gasteiger partial charge is 0.451 e. The zero-order valence-corrected chi connectivity index (χ0v) is 14.6. The highest BCUT2D eigenvalue weighted by atomic mass is 19.4. The maximum Gasteiger partial charge on any atom is 0.451 e. The Hall–Kier alpha value is -2.99. The van der Waals surface area contributed by atoms with Gasteiger partial charge in [-0.2, -0.15) is 22.8 Å². The highest BCUT2D eigenvalue weighted by molar-refractivity contribution is 5.91. The second-order valence-electron chi connectivity index (χ2n) is 7.03. The zero-order valence-electron chi connectivity index (χ0n) is 14.6. The highest BCUT2D eigenvalue weighted by Crippen LogP contribution is 2.44. The fourth-order valence-electron chi connectivity index (χ4n) is 3.54. The third-order valence-corrected chi connectivity index (χ3v) is 5.09. The molecule has 150 valence electrons. The van der Waals surface area contributed by atoms with E-state index in [0.29, 0.717) is 12.5 Å². The SMILES string of the molecule is Cc1nc(C(=O)N2C[C@H](C(=O)O)[C@@H](C3CC3)C2)nn1-c1n[nH]c(C(F)(F)F)n1. The second-order valence-corrected chi connectivity index (χ2v) is 7.03. The average Bonchev–Trinajstić information content (AvgIpc) is 3.05. The standard InChI is InChI=1S/C15H16F3N7O3/c1-6-19-10(23-25(6)14-20-13(21-22-14)15(16,17)18)11(26)24-4-8(7-2-3-7)9(5-24)12(27)28/h7-9H,2-5H2,1H3,(H,27,28)(H,20,21,22)/t8-,9+/m1/s1. The molecule has 1 saturated heterocycles. The number of aryl methyl sites for hydroxylation is 1. The van der Waals surface area contributed by atoms with Gasteiger partial charge in [-0.05, 0) is 31.6 Å². The lowest BCUT2D eigenvalue weighted by Crippen LogP contribution is -2.30. The number of hydrogen-bond acceptors (Lipinski definition) is 6. The Morgan fingerprint density at radius 3 is 2.50 bits per heavy atom. The van der Waals surface area contributed by atoms with Crippen LogP contribution in [0.4, 0.5) is 13.2 Å². The van der Waals surface area contributed by atoms with Crippen LogP contribution in [0.25, 0.3) is 5.95 Å². The van der Waals surface area contributed by atoms with E-state index < -0.39 is 35.7 Å². The summed E-state index contributed by atoms with van der Waals surface area (Å²) in [5.74, 6) is -3.74. The number of carbonyl (C=O) groups is 2. The number of aromatic amines is 1. The van der Waals surface area contributed by atoms with Crippen LogP contribution in [0.2, 0.25) is 0 Å². The molecule has 13 heteroatoms. The molecule has 28 heavy (non-hydrogen) atoms. The van der Waals surface area contributed by atoms with E-state index in [0.717, 1.165) is 17.5 Å². The van der Waals surface area contributed by atoms with Crippen LogP contribution in [0.3, 0.4) is 0 Å². The summed E-state index contributed by atoms with van der Waals surface area (Å²) in [7, 11) is 0. The van der Waals surface area contributed by atoms with E-state index in [-0.39, 0.29) is 24.1 Å². The van der Waals surface area contributed by atoms with Gasteiger partial charge >= 0.3 is 12.1 Å². The number of carboxylic acid groups (broad SMARTS) is 1. The molecule has 0 aromatic carbocycles. The molecule has 2 fully saturated rings. The molecule has 1 aliphatic carbocycles. The van der Waals surface area contributed by atoms with Gasteiger partial charge < -0.3 is 10.0 Å². The molecule has 1 saturated carbocycles. The van der Waals surface area contributed by atoms with E-state index in [2.05, 4.69) is 20.2 Å². The molecular weight excluding hydrogens is 383 g/mol. The van der Waals surface area contributed by atoms with Gasteiger partial charge in [-0.15, -0.1) is 10.2 Å². The van der Waals surface area contributed by atoms with Crippen LogP contribution < -0.4 is 0 Å². The van der Waals surface area contributed by atoms with Crippen molar-refractivity contribution in [2.24, 2.45) is 17.8 Å². The van der Waals surface area contributed by atoms with Crippen LogP contribution in [0.15, 0.2) is 0 Å². The first kappa shape index (κ1) is 18.4. The molecule has 4 rings (SSSR count). The number of likely N-dealkylation sites (tertiary alicyclic amines) is 1. The van der Waals surface area contributed by atoms with Gasteiger partial charge in [0.05, 0.1) is 5.92 Å². The van der Waals surface area contributed by atoms with Crippen LogP contribution in [-0.4, -0.2) is 64.9 Å². The summed E-state index contributed by atoms with van der Waals surface area (Å²) in [6.07, 6.45) is -2.79. The summed E-state index contributed by atoms with van der Waals surface area (Å²) >= 11 is 0. The van der Waals surface area contributed by atoms with E-state index in [4.69, 9.17) is 0 Å². The van der Waals surface area contributed by atoms with Crippen molar-refractivity contribution in [1.29, 1.82) is 0 Å². The van der Waals surface area contributed by atoms with Crippen molar-refractivity contribution in [2.75, 3.05) is 13.1 Å². The Morgan fingerprint density at radius 1 is 1.21 bits per heavy atom.